The van der Waals surface area contributed by atoms with Gasteiger partial charge in [-0.2, -0.15) is 0 Å². The molecule has 14 heavy (non-hydrogen) atoms. The second-order valence-electron chi connectivity index (χ2n) is 4.66. The van der Waals surface area contributed by atoms with Crippen LogP contribution in [0.3, 0.4) is 0 Å². The monoisotopic (exact) mass is 219 g/mol. The molecule has 84 valence electrons. The van der Waals surface area contributed by atoms with Gasteiger partial charge in [0, 0.05) is 17.5 Å². The summed E-state index contributed by atoms with van der Waals surface area (Å²) in [7, 11) is -2.81. The lowest BCUT2D eigenvalue weighted by molar-refractivity contribution is 0.276. The number of nitrogens with two attached hydrogens (primary N) is 1. The van der Waals surface area contributed by atoms with E-state index in [-0.39, 0.29) is 11.3 Å². The minimum Gasteiger partial charge on any atom is -0.325 e. The highest BCUT2D eigenvalue weighted by molar-refractivity contribution is 7.90. The Bertz CT molecular complexity index is 266. The Morgan fingerprint density at radius 2 is 1.79 bits per heavy atom. The fourth-order valence-electron chi connectivity index (χ4n) is 2.19. The molecular formula is C10H21NO2S. The van der Waals surface area contributed by atoms with Crippen LogP contribution in [0.15, 0.2) is 0 Å². The summed E-state index contributed by atoms with van der Waals surface area (Å²) in [5, 5.41) is 0. The van der Waals surface area contributed by atoms with Crippen molar-refractivity contribution in [2.75, 3.05) is 12.0 Å². The van der Waals surface area contributed by atoms with Gasteiger partial charge in [0.05, 0.1) is 0 Å². The second-order valence-corrected chi connectivity index (χ2v) is 6.92. The first-order valence-electron chi connectivity index (χ1n) is 5.38. The predicted octanol–water partition coefficient (Wildman–Crippen LogP) is 1.47. The van der Waals surface area contributed by atoms with Crippen molar-refractivity contribution in [2.24, 2.45) is 5.73 Å². The molecule has 0 atom stereocenters. The largest absolute Gasteiger partial charge is 0.325 e. The Morgan fingerprint density at radius 1 is 1.21 bits per heavy atom. The Balaban J connectivity index is 2.29. The highest BCUT2D eigenvalue weighted by Gasteiger charge is 2.26. The van der Waals surface area contributed by atoms with E-state index >= 15 is 0 Å². The van der Waals surface area contributed by atoms with E-state index in [2.05, 4.69) is 0 Å². The van der Waals surface area contributed by atoms with Crippen molar-refractivity contribution < 1.29 is 8.42 Å². The first-order chi connectivity index (χ1) is 6.41. The van der Waals surface area contributed by atoms with Crippen molar-refractivity contribution in [2.45, 2.75) is 50.5 Å². The molecule has 1 rings (SSSR count). The predicted molar refractivity (Wildman–Crippen MR) is 58.9 cm³/mol. The average molecular weight is 219 g/mol. The molecule has 0 radical (unpaired) electrons. The molecule has 0 aromatic rings. The molecule has 3 nitrogen and oxygen atoms in total. The van der Waals surface area contributed by atoms with Gasteiger partial charge in [0.2, 0.25) is 0 Å². The Kier molecular flexibility index (Phi) is 3.95. The Morgan fingerprint density at radius 3 is 2.29 bits per heavy atom. The lowest BCUT2D eigenvalue weighted by atomic mass is 9.80. The summed E-state index contributed by atoms with van der Waals surface area (Å²) in [4.78, 5) is 0. The summed E-state index contributed by atoms with van der Waals surface area (Å²) in [5.74, 6) is 0.284. The molecule has 0 amide bonds. The summed E-state index contributed by atoms with van der Waals surface area (Å²) in [5.41, 5.74) is 6.13. The molecule has 4 heteroatoms. The maximum atomic E-state index is 10.9. The molecule has 0 heterocycles. The molecule has 0 unspecified atom stereocenters. The van der Waals surface area contributed by atoms with Crippen LogP contribution in [0.4, 0.5) is 0 Å². The number of hydrogen-bond acceptors (Lipinski definition) is 3. The maximum absolute atomic E-state index is 10.9. The van der Waals surface area contributed by atoms with Crippen LogP contribution < -0.4 is 5.73 Å². The summed E-state index contributed by atoms with van der Waals surface area (Å²) in [6, 6.07) is 0. The van der Waals surface area contributed by atoms with Crippen molar-refractivity contribution >= 4 is 9.84 Å². The average Bonchev–Trinajstić information content (AvgIpc) is 2.02. The number of rotatable bonds is 4. The van der Waals surface area contributed by atoms with E-state index in [1.54, 1.807) is 0 Å². The third-order valence-electron chi connectivity index (χ3n) is 3.04. The van der Waals surface area contributed by atoms with E-state index in [0.29, 0.717) is 0 Å². The van der Waals surface area contributed by atoms with Gasteiger partial charge in [0.25, 0.3) is 0 Å². The summed E-state index contributed by atoms with van der Waals surface area (Å²) < 4.78 is 21.9. The maximum Gasteiger partial charge on any atom is 0.147 e. The third-order valence-corrected chi connectivity index (χ3v) is 4.07. The Hall–Kier alpha value is -0.0900. The molecule has 0 aliphatic heterocycles. The van der Waals surface area contributed by atoms with E-state index in [9.17, 15) is 8.42 Å². The van der Waals surface area contributed by atoms with Crippen molar-refractivity contribution in [1.82, 2.24) is 0 Å². The van der Waals surface area contributed by atoms with Gasteiger partial charge in [-0.05, 0) is 25.7 Å². The normalized spacial score (nSPS) is 22.1. The molecule has 1 fully saturated rings. The standard InChI is InChI=1S/C10H21NO2S/c1-14(12,13)9-5-8-10(11)6-3-2-4-7-10/h2-9,11H2,1H3. The van der Waals surface area contributed by atoms with Crippen molar-refractivity contribution in [3.05, 3.63) is 0 Å². The summed E-state index contributed by atoms with van der Waals surface area (Å²) in [6.45, 7) is 0. The van der Waals surface area contributed by atoms with E-state index in [1.807, 2.05) is 0 Å². The molecule has 0 saturated heterocycles. The van der Waals surface area contributed by atoms with Crippen LogP contribution in [0, 0.1) is 0 Å². The topological polar surface area (TPSA) is 60.2 Å². The van der Waals surface area contributed by atoms with Crippen LogP contribution in [0.25, 0.3) is 0 Å². The minimum atomic E-state index is -2.81. The highest BCUT2D eigenvalue weighted by atomic mass is 32.2. The molecule has 2 N–H and O–H groups in total. The van der Waals surface area contributed by atoms with Crippen molar-refractivity contribution in [3.8, 4) is 0 Å². The molecule has 0 aromatic carbocycles. The lowest BCUT2D eigenvalue weighted by Gasteiger charge is -2.33. The number of sulfone groups is 1. The summed E-state index contributed by atoms with van der Waals surface area (Å²) >= 11 is 0. The second kappa shape index (κ2) is 4.62. The smallest absolute Gasteiger partial charge is 0.147 e. The molecule has 1 aliphatic carbocycles. The third kappa shape index (κ3) is 4.42. The van der Waals surface area contributed by atoms with E-state index in [0.717, 1.165) is 25.7 Å². The zero-order valence-corrected chi connectivity index (χ0v) is 9.78. The van der Waals surface area contributed by atoms with Gasteiger partial charge in [-0.15, -0.1) is 0 Å². The molecule has 1 aliphatic rings. The van der Waals surface area contributed by atoms with E-state index in [1.165, 1.54) is 25.5 Å². The van der Waals surface area contributed by atoms with Gasteiger partial charge in [0.1, 0.15) is 9.84 Å². The van der Waals surface area contributed by atoms with Gasteiger partial charge in [-0.1, -0.05) is 19.3 Å². The zero-order valence-electron chi connectivity index (χ0n) is 8.96. The van der Waals surface area contributed by atoms with Crippen LogP contribution in [-0.2, 0) is 9.84 Å². The van der Waals surface area contributed by atoms with Crippen molar-refractivity contribution in [3.63, 3.8) is 0 Å². The van der Waals surface area contributed by atoms with Gasteiger partial charge in [-0.3, -0.25) is 0 Å². The van der Waals surface area contributed by atoms with Gasteiger partial charge < -0.3 is 5.73 Å². The molecule has 1 saturated carbocycles. The fourth-order valence-corrected chi connectivity index (χ4v) is 2.86. The Labute approximate surface area is 87.0 Å². The highest BCUT2D eigenvalue weighted by Crippen LogP contribution is 2.29. The van der Waals surface area contributed by atoms with Crippen LogP contribution in [0.5, 0.6) is 0 Å². The zero-order chi connectivity index (χ0) is 10.7. The molecule has 0 aromatic heterocycles. The number of hydrogen-bond donors (Lipinski definition) is 1. The summed E-state index contributed by atoms with van der Waals surface area (Å²) in [6.07, 6.45) is 8.69. The first kappa shape index (κ1) is 12.0. The molecule has 0 spiro atoms. The van der Waals surface area contributed by atoms with Gasteiger partial charge in [-0.25, -0.2) is 8.42 Å². The van der Waals surface area contributed by atoms with E-state index in [4.69, 9.17) is 5.73 Å². The SMILES string of the molecule is CS(=O)(=O)CCCC1(N)CCCCC1. The lowest BCUT2D eigenvalue weighted by Crippen LogP contribution is -2.41. The van der Waals surface area contributed by atoms with Gasteiger partial charge in [0.15, 0.2) is 0 Å². The van der Waals surface area contributed by atoms with Crippen LogP contribution in [0.1, 0.15) is 44.9 Å². The van der Waals surface area contributed by atoms with Crippen LogP contribution in [0.2, 0.25) is 0 Å². The molecule has 0 bridgehead atoms. The minimum absolute atomic E-state index is 0.0665. The van der Waals surface area contributed by atoms with Gasteiger partial charge >= 0.3 is 0 Å². The fraction of sp³-hybridized carbons (Fsp3) is 1.00. The van der Waals surface area contributed by atoms with Crippen LogP contribution >= 0.6 is 0 Å². The van der Waals surface area contributed by atoms with Crippen LogP contribution in [-0.4, -0.2) is 26.0 Å². The first-order valence-corrected chi connectivity index (χ1v) is 7.44. The van der Waals surface area contributed by atoms with E-state index < -0.39 is 9.84 Å². The molecular weight excluding hydrogens is 198 g/mol. The quantitative estimate of drug-likeness (QED) is 0.779. The van der Waals surface area contributed by atoms with Crippen molar-refractivity contribution in [1.29, 1.82) is 0 Å².